The zero-order valence-electron chi connectivity index (χ0n) is 8.98. The quantitative estimate of drug-likeness (QED) is 0.595. The fourth-order valence-corrected chi connectivity index (χ4v) is 1.18. The number of hydrogen-bond donors (Lipinski definition) is 3. The van der Waals surface area contributed by atoms with Gasteiger partial charge in [0.05, 0.1) is 6.10 Å². The van der Waals surface area contributed by atoms with Crippen LogP contribution in [0.3, 0.4) is 0 Å². The molecular weight excluding hydrogens is 192 g/mol. The molecule has 5 heteroatoms. The van der Waals surface area contributed by atoms with Crippen LogP contribution in [0.25, 0.3) is 0 Å². The van der Waals surface area contributed by atoms with Crippen molar-refractivity contribution >= 4 is 5.95 Å². The Balaban J connectivity index is 2.33. The molecule has 1 aromatic heterocycles. The molecule has 0 aliphatic heterocycles. The van der Waals surface area contributed by atoms with Gasteiger partial charge in [0.25, 0.3) is 0 Å². The van der Waals surface area contributed by atoms with Gasteiger partial charge in [-0.3, -0.25) is 0 Å². The number of anilines is 1. The third-order valence-corrected chi connectivity index (χ3v) is 2.12. The predicted octanol–water partition coefficient (Wildman–Crippen LogP) is 0.482. The Labute approximate surface area is 89.7 Å². The molecule has 0 amide bonds. The van der Waals surface area contributed by atoms with Crippen molar-refractivity contribution < 1.29 is 5.11 Å². The van der Waals surface area contributed by atoms with E-state index >= 15 is 0 Å². The van der Waals surface area contributed by atoms with Crippen molar-refractivity contribution in [1.29, 1.82) is 0 Å². The fourth-order valence-electron chi connectivity index (χ4n) is 1.18. The third-order valence-electron chi connectivity index (χ3n) is 2.12. The van der Waals surface area contributed by atoms with Crippen LogP contribution in [0.4, 0.5) is 5.95 Å². The van der Waals surface area contributed by atoms with E-state index in [1.165, 1.54) is 0 Å². The van der Waals surface area contributed by atoms with E-state index in [-0.39, 0.29) is 5.95 Å². The maximum absolute atomic E-state index is 9.73. The molecule has 0 aliphatic rings. The molecule has 0 spiro atoms. The van der Waals surface area contributed by atoms with Gasteiger partial charge in [0, 0.05) is 24.5 Å². The standard InChI is InChI=1S/C10H18N4O/c1-2-3-4-12-7-9(15)8-5-13-10(11)14-6-8/h5-6,9,12,15H,2-4,7H2,1H3,(H2,11,13,14). The largest absolute Gasteiger partial charge is 0.387 e. The zero-order chi connectivity index (χ0) is 11.1. The summed E-state index contributed by atoms with van der Waals surface area (Å²) in [6.45, 7) is 3.57. The van der Waals surface area contributed by atoms with Gasteiger partial charge in [0.15, 0.2) is 0 Å². The minimum atomic E-state index is -0.567. The molecule has 5 nitrogen and oxygen atoms in total. The van der Waals surface area contributed by atoms with Gasteiger partial charge < -0.3 is 16.2 Å². The SMILES string of the molecule is CCCCNCC(O)c1cnc(N)nc1. The molecule has 0 aromatic carbocycles. The Morgan fingerprint density at radius 1 is 1.47 bits per heavy atom. The highest BCUT2D eigenvalue weighted by Gasteiger charge is 2.07. The highest BCUT2D eigenvalue weighted by atomic mass is 16.3. The molecule has 84 valence electrons. The van der Waals surface area contributed by atoms with Crippen LogP contribution in [0.5, 0.6) is 0 Å². The summed E-state index contributed by atoms with van der Waals surface area (Å²) in [5, 5.41) is 12.9. The van der Waals surface area contributed by atoms with Crippen LogP contribution >= 0.6 is 0 Å². The van der Waals surface area contributed by atoms with Gasteiger partial charge in [-0.2, -0.15) is 0 Å². The van der Waals surface area contributed by atoms with Gasteiger partial charge in [0.1, 0.15) is 0 Å². The minimum absolute atomic E-state index is 0.227. The van der Waals surface area contributed by atoms with E-state index in [1.54, 1.807) is 12.4 Å². The number of nitrogen functional groups attached to an aromatic ring is 1. The molecule has 0 radical (unpaired) electrons. The van der Waals surface area contributed by atoms with Crippen molar-refractivity contribution in [3.63, 3.8) is 0 Å². The summed E-state index contributed by atoms with van der Waals surface area (Å²) in [4.78, 5) is 7.65. The van der Waals surface area contributed by atoms with Gasteiger partial charge in [0.2, 0.25) is 5.95 Å². The number of aliphatic hydroxyl groups is 1. The lowest BCUT2D eigenvalue weighted by molar-refractivity contribution is 0.174. The Kier molecular flexibility index (Phi) is 5.00. The van der Waals surface area contributed by atoms with Crippen molar-refractivity contribution in [2.24, 2.45) is 0 Å². The summed E-state index contributed by atoms with van der Waals surface area (Å²) in [7, 11) is 0. The molecular formula is C10H18N4O. The predicted molar refractivity (Wildman–Crippen MR) is 59.2 cm³/mol. The zero-order valence-corrected chi connectivity index (χ0v) is 8.98. The highest BCUT2D eigenvalue weighted by molar-refractivity contribution is 5.18. The molecule has 1 atom stereocenters. The third kappa shape index (κ3) is 4.22. The number of nitrogens with one attached hydrogen (secondary N) is 1. The van der Waals surface area contributed by atoms with Crippen LogP contribution in [0, 0.1) is 0 Å². The lowest BCUT2D eigenvalue weighted by Gasteiger charge is -2.11. The molecule has 15 heavy (non-hydrogen) atoms. The van der Waals surface area contributed by atoms with Crippen molar-refractivity contribution in [2.75, 3.05) is 18.8 Å². The number of rotatable bonds is 6. The topological polar surface area (TPSA) is 84.1 Å². The summed E-state index contributed by atoms with van der Waals surface area (Å²) in [5.41, 5.74) is 6.04. The Hall–Kier alpha value is -1.20. The van der Waals surface area contributed by atoms with E-state index in [1.807, 2.05) is 0 Å². The molecule has 1 heterocycles. The van der Waals surface area contributed by atoms with E-state index in [2.05, 4.69) is 22.2 Å². The molecule has 0 saturated heterocycles. The van der Waals surface area contributed by atoms with Gasteiger partial charge in [-0.15, -0.1) is 0 Å². The number of nitrogens with two attached hydrogens (primary N) is 1. The van der Waals surface area contributed by atoms with Crippen LogP contribution in [-0.4, -0.2) is 28.2 Å². The van der Waals surface area contributed by atoms with Crippen molar-refractivity contribution in [1.82, 2.24) is 15.3 Å². The van der Waals surface area contributed by atoms with Crippen LogP contribution in [0.15, 0.2) is 12.4 Å². The first-order valence-corrected chi connectivity index (χ1v) is 5.20. The molecule has 4 N–H and O–H groups in total. The fraction of sp³-hybridized carbons (Fsp3) is 0.600. The first-order chi connectivity index (χ1) is 7.24. The average molecular weight is 210 g/mol. The Morgan fingerprint density at radius 2 is 2.13 bits per heavy atom. The van der Waals surface area contributed by atoms with Crippen LogP contribution in [0.1, 0.15) is 31.4 Å². The van der Waals surface area contributed by atoms with Gasteiger partial charge in [-0.25, -0.2) is 9.97 Å². The van der Waals surface area contributed by atoms with E-state index in [0.29, 0.717) is 12.1 Å². The number of unbranched alkanes of at least 4 members (excludes halogenated alkanes) is 1. The van der Waals surface area contributed by atoms with Crippen molar-refractivity contribution in [2.45, 2.75) is 25.9 Å². The van der Waals surface area contributed by atoms with E-state index < -0.39 is 6.10 Å². The molecule has 0 aliphatic carbocycles. The normalized spacial score (nSPS) is 12.7. The van der Waals surface area contributed by atoms with E-state index in [0.717, 1.165) is 19.4 Å². The number of nitrogens with zero attached hydrogens (tertiary/aromatic N) is 2. The molecule has 0 bridgehead atoms. The first kappa shape index (κ1) is 11.9. The van der Waals surface area contributed by atoms with Crippen molar-refractivity contribution in [3.05, 3.63) is 18.0 Å². The second kappa shape index (κ2) is 6.31. The van der Waals surface area contributed by atoms with E-state index in [9.17, 15) is 5.11 Å². The molecule has 1 unspecified atom stereocenters. The lowest BCUT2D eigenvalue weighted by atomic mass is 10.2. The summed E-state index contributed by atoms with van der Waals surface area (Å²) in [6, 6.07) is 0. The second-order valence-corrected chi connectivity index (χ2v) is 3.45. The van der Waals surface area contributed by atoms with Gasteiger partial charge in [-0.05, 0) is 13.0 Å². The average Bonchev–Trinajstić information content (AvgIpc) is 2.25. The number of hydrogen-bond acceptors (Lipinski definition) is 5. The van der Waals surface area contributed by atoms with Gasteiger partial charge >= 0.3 is 0 Å². The maximum Gasteiger partial charge on any atom is 0.219 e. The van der Waals surface area contributed by atoms with Gasteiger partial charge in [-0.1, -0.05) is 13.3 Å². The summed E-state index contributed by atoms with van der Waals surface area (Å²) < 4.78 is 0. The first-order valence-electron chi connectivity index (χ1n) is 5.20. The second-order valence-electron chi connectivity index (χ2n) is 3.45. The molecule has 1 aromatic rings. The van der Waals surface area contributed by atoms with E-state index in [4.69, 9.17) is 5.73 Å². The number of aliphatic hydroxyl groups excluding tert-OH is 1. The van der Waals surface area contributed by atoms with Crippen LogP contribution < -0.4 is 11.1 Å². The minimum Gasteiger partial charge on any atom is -0.387 e. The maximum atomic E-state index is 9.73. The summed E-state index contributed by atoms with van der Waals surface area (Å²) >= 11 is 0. The Morgan fingerprint density at radius 3 is 2.73 bits per heavy atom. The smallest absolute Gasteiger partial charge is 0.219 e. The summed E-state index contributed by atoms with van der Waals surface area (Å²) in [5.74, 6) is 0.227. The van der Waals surface area contributed by atoms with Crippen molar-refractivity contribution in [3.8, 4) is 0 Å². The monoisotopic (exact) mass is 210 g/mol. The highest BCUT2D eigenvalue weighted by Crippen LogP contribution is 2.09. The summed E-state index contributed by atoms with van der Waals surface area (Å²) in [6.07, 6.45) is 4.80. The molecule has 0 fully saturated rings. The molecule has 0 saturated carbocycles. The lowest BCUT2D eigenvalue weighted by Crippen LogP contribution is -2.22. The molecule has 1 rings (SSSR count). The number of aromatic nitrogens is 2. The Bertz CT molecular complexity index is 275. The van der Waals surface area contributed by atoms with Crippen LogP contribution in [-0.2, 0) is 0 Å². The van der Waals surface area contributed by atoms with Crippen LogP contribution in [0.2, 0.25) is 0 Å².